The summed E-state index contributed by atoms with van der Waals surface area (Å²) < 4.78 is 5.38. The van der Waals surface area contributed by atoms with Gasteiger partial charge in [0.1, 0.15) is 5.82 Å². The molecule has 1 heterocycles. The van der Waals surface area contributed by atoms with Gasteiger partial charge in [-0.05, 0) is 34.1 Å². The maximum absolute atomic E-state index is 11.8. The van der Waals surface area contributed by atoms with E-state index in [1.807, 2.05) is 13.8 Å². The topological polar surface area (TPSA) is 84.1 Å². The number of hydrogen-bond donors (Lipinski definition) is 2. The van der Waals surface area contributed by atoms with Crippen LogP contribution in [-0.4, -0.2) is 35.1 Å². The Morgan fingerprint density at radius 1 is 1.40 bits per heavy atom. The molecule has 0 unspecified atom stereocenters. The summed E-state index contributed by atoms with van der Waals surface area (Å²) in [6.45, 7) is 8.55. The van der Waals surface area contributed by atoms with Crippen LogP contribution in [0.4, 0.5) is 0 Å². The van der Waals surface area contributed by atoms with Crippen molar-refractivity contribution in [1.82, 2.24) is 15.3 Å². The highest BCUT2D eigenvalue weighted by Crippen LogP contribution is 1.99. The molecule has 0 bridgehead atoms. The number of amides is 1. The first-order valence-electron chi connectivity index (χ1n) is 6.85. The minimum Gasteiger partial charge on any atom is -0.379 e. The Labute approximate surface area is 119 Å². The fourth-order valence-electron chi connectivity index (χ4n) is 1.80. The number of aromatic amines is 1. The monoisotopic (exact) mass is 281 g/mol. The molecule has 6 nitrogen and oxygen atoms in total. The normalized spacial score (nSPS) is 10.8. The summed E-state index contributed by atoms with van der Waals surface area (Å²) in [5.74, 6) is 0.385. The molecule has 0 atom stereocenters. The smallest absolute Gasteiger partial charge is 0.254 e. The number of ether oxygens (including phenoxy) is 1. The van der Waals surface area contributed by atoms with Gasteiger partial charge in [0.25, 0.3) is 5.56 Å². The van der Waals surface area contributed by atoms with Crippen LogP contribution >= 0.6 is 0 Å². The van der Waals surface area contributed by atoms with Gasteiger partial charge in [-0.2, -0.15) is 0 Å². The summed E-state index contributed by atoms with van der Waals surface area (Å²) >= 11 is 0. The maximum Gasteiger partial charge on any atom is 0.254 e. The molecule has 0 radical (unpaired) electrons. The maximum atomic E-state index is 11.8. The first kappa shape index (κ1) is 16.4. The fourth-order valence-corrected chi connectivity index (χ4v) is 1.80. The first-order valence-corrected chi connectivity index (χ1v) is 6.85. The van der Waals surface area contributed by atoms with Gasteiger partial charge in [-0.15, -0.1) is 0 Å². The number of H-pyrrole nitrogens is 1. The average Bonchev–Trinajstić information content (AvgIpc) is 2.33. The molecular formula is C14H23N3O3. The number of carbonyl (C=O) groups excluding carboxylic acids is 1. The Morgan fingerprint density at radius 2 is 2.10 bits per heavy atom. The van der Waals surface area contributed by atoms with E-state index in [-0.39, 0.29) is 24.0 Å². The van der Waals surface area contributed by atoms with Gasteiger partial charge in [-0.25, -0.2) is 4.98 Å². The van der Waals surface area contributed by atoms with Crippen LogP contribution < -0.4 is 10.9 Å². The number of nitrogens with zero attached hydrogens (tertiary/aromatic N) is 1. The van der Waals surface area contributed by atoms with Gasteiger partial charge in [0, 0.05) is 24.4 Å². The van der Waals surface area contributed by atoms with Gasteiger partial charge in [0.05, 0.1) is 12.5 Å². The average molecular weight is 281 g/mol. The zero-order valence-electron chi connectivity index (χ0n) is 12.6. The van der Waals surface area contributed by atoms with E-state index >= 15 is 0 Å². The lowest BCUT2D eigenvalue weighted by Gasteiger charge is -2.09. The van der Waals surface area contributed by atoms with Crippen molar-refractivity contribution in [3.8, 4) is 0 Å². The molecule has 6 heteroatoms. The number of carbonyl (C=O) groups is 1. The number of hydrogen-bond acceptors (Lipinski definition) is 4. The van der Waals surface area contributed by atoms with E-state index in [1.165, 1.54) is 0 Å². The summed E-state index contributed by atoms with van der Waals surface area (Å²) in [4.78, 5) is 30.3. The van der Waals surface area contributed by atoms with Crippen LogP contribution in [0.1, 0.15) is 37.4 Å². The molecular weight excluding hydrogens is 258 g/mol. The molecule has 0 fully saturated rings. The van der Waals surface area contributed by atoms with E-state index in [0.717, 1.165) is 6.42 Å². The molecule has 1 aromatic rings. The van der Waals surface area contributed by atoms with E-state index in [2.05, 4.69) is 15.3 Å². The van der Waals surface area contributed by atoms with Crippen molar-refractivity contribution in [1.29, 1.82) is 0 Å². The molecule has 2 N–H and O–H groups in total. The molecule has 0 aliphatic carbocycles. The van der Waals surface area contributed by atoms with Gasteiger partial charge in [0.2, 0.25) is 5.91 Å². The Hall–Kier alpha value is -1.69. The zero-order chi connectivity index (χ0) is 15.1. The molecule has 0 saturated heterocycles. The molecule has 1 aromatic heterocycles. The highest BCUT2D eigenvalue weighted by molar-refractivity contribution is 5.78. The fraction of sp³-hybridized carbons (Fsp3) is 0.643. The predicted octanol–water partition coefficient (Wildman–Crippen LogP) is 0.861. The van der Waals surface area contributed by atoms with E-state index in [4.69, 9.17) is 4.74 Å². The quantitative estimate of drug-likeness (QED) is 0.726. The molecule has 0 spiro atoms. The SMILES string of the molecule is Cc1nc(C)c(CC(=O)NCCCOC(C)C)c(=O)[nH]1. The Kier molecular flexibility index (Phi) is 6.38. The zero-order valence-corrected chi connectivity index (χ0v) is 12.6. The molecule has 112 valence electrons. The van der Waals surface area contributed by atoms with E-state index in [1.54, 1.807) is 13.8 Å². The second-order valence-corrected chi connectivity index (χ2v) is 5.02. The number of aryl methyl sites for hydroxylation is 2. The van der Waals surface area contributed by atoms with Crippen LogP contribution in [0.2, 0.25) is 0 Å². The summed E-state index contributed by atoms with van der Waals surface area (Å²) in [6.07, 6.45) is 1.01. The summed E-state index contributed by atoms with van der Waals surface area (Å²) in [6, 6.07) is 0. The van der Waals surface area contributed by atoms with Crippen molar-refractivity contribution >= 4 is 5.91 Å². The van der Waals surface area contributed by atoms with Crippen LogP contribution in [0.15, 0.2) is 4.79 Å². The van der Waals surface area contributed by atoms with Crippen LogP contribution in [0.3, 0.4) is 0 Å². The van der Waals surface area contributed by atoms with Crippen molar-refractivity contribution in [3.05, 3.63) is 27.4 Å². The molecule has 0 aliphatic heterocycles. The predicted molar refractivity (Wildman–Crippen MR) is 76.8 cm³/mol. The van der Waals surface area contributed by atoms with Gasteiger partial charge < -0.3 is 15.0 Å². The molecule has 20 heavy (non-hydrogen) atoms. The second kappa shape index (κ2) is 7.79. The van der Waals surface area contributed by atoms with Crippen molar-refractivity contribution in [2.45, 2.75) is 46.6 Å². The third kappa shape index (κ3) is 5.52. The van der Waals surface area contributed by atoms with Crippen molar-refractivity contribution in [2.24, 2.45) is 0 Å². The lowest BCUT2D eigenvalue weighted by Crippen LogP contribution is -2.30. The van der Waals surface area contributed by atoms with Crippen LogP contribution in [-0.2, 0) is 16.0 Å². The lowest BCUT2D eigenvalue weighted by atomic mass is 10.1. The van der Waals surface area contributed by atoms with Gasteiger partial charge in [-0.3, -0.25) is 9.59 Å². The molecule has 0 saturated carbocycles. The number of nitrogens with one attached hydrogen (secondary N) is 2. The van der Waals surface area contributed by atoms with Crippen molar-refractivity contribution in [3.63, 3.8) is 0 Å². The second-order valence-electron chi connectivity index (χ2n) is 5.02. The first-order chi connectivity index (χ1) is 9.40. The lowest BCUT2D eigenvalue weighted by molar-refractivity contribution is -0.120. The Morgan fingerprint density at radius 3 is 2.70 bits per heavy atom. The standard InChI is InChI=1S/C14H23N3O3/c1-9(2)20-7-5-6-15-13(18)8-12-10(3)16-11(4)17-14(12)19/h9H,5-8H2,1-4H3,(H,15,18)(H,16,17,19). The Bertz CT molecular complexity index is 509. The van der Waals surface area contributed by atoms with Gasteiger partial charge in [-0.1, -0.05) is 0 Å². The minimum absolute atomic E-state index is 0.0550. The molecule has 0 aromatic carbocycles. The van der Waals surface area contributed by atoms with Crippen LogP contribution in [0.25, 0.3) is 0 Å². The van der Waals surface area contributed by atoms with Crippen molar-refractivity contribution < 1.29 is 9.53 Å². The highest BCUT2D eigenvalue weighted by atomic mass is 16.5. The van der Waals surface area contributed by atoms with E-state index in [9.17, 15) is 9.59 Å². The highest BCUT2D eigenvalue weighted by Gasteiger charge is 2.11. The van der Waals surface area contributed by atoms with Crippen LogP contribution in [0, 0.1) is 13.8 Å². The number of aromatic nitrogens is 2. The van der Waals surface area contributed by atoms with Crippen molar-refractivity contribution in [2.75, 3.05) is 13.2 Å². The third-order valence-corrected chi connectivity index (χ3v) is 2.77. The van der Waals surface area contributed by atoms with Gasteiger partial charge in [0.15, 0.2) is 0 Å². The minimum atomic E-state index is -0.242. The summed E-state index contributed by atoms with van der Waals surface area (Å²) in [7, 11) is 0. The molecule has 1 amide bonds. The Balaban J connectivity index is 2.42. The third-order valence-electron chi connectivity index (χ3n) is 2.77. The largest absolute Gasteiger partial charge is 0.379 e. The van der Waals surface area contributed by atoms with E-state index < -0.39 is 0 Å². The molecule has 1 rings (SSSR count). The van der Waals surface area contributed by atoms with Crippen LogP contribution in [0.5, 0.6) is 0 Å². The summed E-state index contributed by atoms with van der Waals surface area (Å²) in [5, 5.41) is 2.77. The van der Waals surface area contributed by atoms with E-state index in [0.29, 0.717) is 30.2 Å². The number of rotatable bonds is 7. The molecule has 0 aliphatic rings. The summed E-state index contributed by atoms with van der Waals surface area (Å²) in [5.41, 5.74) is 0.782. The van der Waals surface area contributed by atoms with Gasteiger partial charge >= 0.3 is 0 Å².